The van der Waals surface area contributed by atoms with Gasteiger partial charge in [0.2, 0.25) is 0 Å². The summed E-state index contributed by atoms with van der Waals surface area (Å²) in [5.74, 6) is -0.780. The number of nitrogens with one attached hydrogen (secondary N) is 1. The van der Waals surface area contributed by atoms with E-state index in [1.54, 1.807) is 7.05 Å². The van der Waals surface area contributed by atoms with Crippen LogP contribution in [0.5, 0.6) is 5.75 Å². The van der Waals surface area contributed by atoms with Gasteiger partial charge in [-0.15, -0.1) is 0 Å². The molecule has 1 N–H and O–H groups in total. The zero-order valence-electron chi connectivity index (χ0n) is 11.6. The molecule has 1 fully saturated rings. The van der Waals surface area contributed by atoms with Gasteiger partial charge < -0.3 is 10.1 Å². The molecule has 0 bridgehead atoms. The van der Waals surface area contributed by atoms with Crippen LogP contribution in [0.25, 0.3) is 0 Å². The van der Waals surface area contributed by atoms with Gasteiger partial charge in [-0.25, -0.2) is 4.39 Å². The predicted octanol–water partition coefficient (Wildman–Crippen LogP) is 2.54. The summed E-state index contributed by atoms with van der Waals surface area (Å²) in [6.45, 7) is 0. The third-order valence-electron chi connectivity index (χ3n) is 3.82. The predicted molar refractivity (Wildman–Crippen MR) is 73.3 cm³/mol. The van der Waals surface area contributed by atoms with Gasteiger partial charge in [0.05, 0.1) is 17.1 Å². The molecule has 0 radical (unpaired) electrons. The zero-order valence-corrected chi connectivity index (χ0v) is 11.6. The molecule has 2 rings (SSSR count). The monoisotopic (exact) mass is 293 g/mol. The van der Waals surface area contributed by atoms with Gasteiger partial charge in [0.15, 0.2) is 11.6 Å². The van der Waals surface area contributed by atoms with Gasteiger partial charge in [-0.05, 0) is 32.4 Å². The molecule has 21 heavy (non-hydrogen) atoms. The van der Waals surface area contributed by atoms with E-state index in [1.807, 2.05) is 0 Å². The lowest BCUT2D eigenvalue weighted by molar-refractivity contribution is -0.385. The quantitative estimate of drug-likeness (QED) is 0.680. The van der Waals surface area contributed by atoms with Crippen LogP contribution in [0.1, 0.15) is 25.7 Å². The summed E-state index contributed by atoms with van der Waals surface area (Å²) < 4.78 is 19.4. The highest BCUT2D eigenvalue weighted by Crippen LogP contribution is 2.32. The molecule has 0 heterocycles. The molecular weight excluding hydrogens is 277 g/mol. The lowest BCUT2D eigenvalue weighted by atomic mass is 9.81. The molecule has 0 aliphatic heterocycles. The number of nitriles is 1. The molecule has 2 atom stereocenters. The molecule has 2 unspecified atom stereocenters. The number of ether oxygens (including phenoxy) is 1. The number of hydrogen-bond acceptors (Lipinski definition) is 5. The van der Waals surface area contributed by atoms with E-state index in [-0.39, 0.29) is 17.5 Å². The first kappa shape index (κ1) is 15.2. The third-order valence-corrected chi connectivity index (χ3v) is 3.82. The van der Waals surface area contributed by atoms with Crippen LogP contribution in [-0.2, 0) is 0 Å². The Kier molecular flexibility index (Phi) is 4.38. The van der Waals surface area contributed by atoms with Crippen molar-refractivity contribution in [1.82, 2.24) is 5.32 Å². The van der Waals surface area contributed by atoms with Gasteiger partial charge in [-0.2, -0.15) is 5.26 Å². The number of rotatable bonds is 4. The fourth-order valence-electron chi connectivity index (χ4n) is 2.59. The standard InChI is InChI=1S/C14H16FN3O3/c1-17-14(9-16)6-2-3-11(8-14)21-13-5-4-10(18(19)20)7-12(13)15/h4-5,7,11,17H,2-3,6,8H2,1H3. The Hall–Kier alpha value is -2.20. The van der Waals surface area contributed by atoms with Crippen LogP contribution in [-0.4, -0.2) is 23.6 Å². The Morgan fingerprint density at radius 1 is 1.62 bits per heavy atom. The second-order valence-corrected chi connectivity index (χ2v) is 5.15. The van der Waals surface area contributed by atoms with Crippen LogP contribution in [0.2, 0.25) is 0 Å². The number of halogens is 1. The number of hydrogen-bond donors (Lipinski definition) is 1. The molecular formula is C14H16FN3O3. The van der Waals surface area contributed by atoms with Crippen molar-refractivity contribution in [2.45, 2.75) is 37.3 Å². The second-order valence-electron chi connectivity index (χ2n) is 5.15. The van der Waals surface area contributed by atoms with E-state index in [2.05, 4.69) is 11.4 Å². The average molecular weight is 293 g/mol. The summed E-state index contributed by atoms with van der Waals surface area (Å²) in [7, 11) is 1.72. The smallest absolute Gasteiger partial charge is 0.272 e. The summed E-state index contributed by atoms with van der Waals surface area (Å²) >= 11 is 0. The fourth-order valence-corrected chi connectivity index (χ4v) is 2.59. The minimum absolute atomic E-state index is 0.0181. The highest BCUT2D eigenvalue weighted by Gasteiger charge is 2.36. The first-order valence-corrected chi connectivity index (χ1v) is 6.70. The largest absolute Gasteiger partial charge is 0.487 e. The minimum Gasteiger partial charge on any atom is -0.487 e. The first-order valence-electron chi connectivity index (χ1n) is 6.70. The zero-order chi connectivity index (χ0) is 15.5. The molecule has 1 aromatic rings. The first-order chi connectivity index (χ1) is 9.99. The molecule has 1 aliphatic carbocycles. The van der Waals surface area contributed by atoms with Gasteiger partial charge in [-0.1, -0.05) is 0 Å². The van der Waals surface area contributed by atoms with Crippen molar-refractivity contribution >= 4 is 5.69 Å². The number of benzene rings is 1. The highest BCUT2D eigenvalue weighted by atomic mass is 19.1. The number of nitro groups is 1. The Balaban J connectivity index is 2.12. The Labute approximate surface area is 121 Å². The normalized spacial score (nSPS) is 25.1. The Morgan fingerprint density at radius 3 is 2.95 bits per heavy atom. The van der Waals surface area contributed by atoms with Gasteiger partial charge >= 0.3 is 0 Å². The van der Waals surface area contributed by atoms with Gasteiger partial charge in [0, 0.05) is 12.5 Å². The molecule has 0 aromatic heterocycles. The summed E-state index contributed by atoms with van der Waals surface area (Å²) in [5, 5.41) is 22.8. The molecule has 0 saturated heterocycles. The van der Waals surface area contributed by atoms with Crippen LogP contribution in [0.3, 0.4) is 0 Å². The van der Waals surface area contributed by atoms with Crippen molar-refractivity contribution in [3.63, 3.8) is 0 Å². The Morgan fingerprint density at radius 2 is 2.38 bits per heavy atom. The molecule has 0 amide bonds. The molecule has 1 saturated carbocycles. The Bertz CT molecular complexity index is 587. The van der Waals surface area contributed by atoms with Crippen LogP contribution in [0.15, 0.2) is 18.2 Å². The fraction of sp³-hybridized carbons (Fsp3) is 0.500. The highest BCUT2D eigenvalue weighted by molar-refractivity contribution is 5.37. The van der Waals surface area contributed by atoms with Crippen LogP contribution < -0.4 is 10.1 Å². The lowest BCUT2D eigenvalue weighted by Crippen LogP contribution is -2.48. The van der Waals surface area contributed by atoms with E-state index in [9.17, 15) is 19.8 Å². The van der Waals surface area contributed by atoms with Crippen molar-refractivity contribution < 1.29 is 14.1 Å². The topological polar surface area (TPSA) is 88.2 Å². The maximum absolute atomic E-state index is 13.8. The number of nitro benzene ring substituents is 1. The summed E-state index contributed by atoms with van der Waals surface area (Å²) in [4.78, 5) is 9.91. The molecule has 112 valence electrons. The third kappa shape index (κ3) is 3.28. The van der Waals surface area contributed by atoms with E-state index >= 15 is 0 Å². The summed E-state index contributed by atoms with van der Waals surface area (Å²) in [5.41, 5.74) is -0.967. The van der Waals surface area contributed by atoms with Gasteiger partial charge in [0.1, 0.15) is 11.6 Å². The maximum atomic E-state index is 13.8. The summed E-state index contributed by atoms with van der Waals surface area (Å²) in [6.07, 6.45) is 2.41. The average Bonchev–Trinajstić information content (AvgIpc) is 2.49. The van der Waals surface area contributed by atoms with Crippen molar-refractivity contribution in [3.05, 3.63) is 34.1 Å². The van der Waals surface area contributed by atoms with Crippen molar-refractivity contribution in [2.75, 3.05) is 7.05 Å². The molecule has 6 nitrogen and oxygen atoms in total. The second kappa shape index (κ2) is 6.06. The summed E-state index contributed by atoms with van der Waals surface area (Å²) in [6, 6.07) is 5.55. The molecule has 0 spiro atoms. The van der Waals surface area contributed by atoms with E-state index in [0.29, 0.717) is 6.42 Å². The number of non-ortho nitro benzene ring substituents is 1. The van der Waals surface area contributed by atoms with E-state index < -0.39 is 16.3 Å². The van der Waals surface area contributed by atoms with Gasteiger partial charge in [-0.3, -0.25) is 10.1 Å². The van der Waals surface area contributed by atoms with Gasteiger partial charge in [0.25, 0.3) is 5.69 Å². The number of nitrogens with zero attached hydrogens (tertiary/aromatic N) is 2. The van der Waals surface area contributed by atoms with Crippen LogP contribution in [0.4, 0.5) is 10.1 Å². The van der Waals surface area contributed by atoms with Crippen molar-refractivity contribution in [1.29, 1.82) is 5.26 Å². The van der Waals surface area contributed by atoms with Crippen molar-refractivity contribution in [2.24, 2.45) is 0 Å². The van der Waals surface area contributed by atoms with E-state index in [4.69, 9.17) is 4.74 Å². The lowest BCUT2D eigenvalue weighted by Gasteiger charge is -2.35. The molecule has 1 aliphatic rings. The SMILES string of the molecule is CNC1(C#N)CCCC(Oc2ccc([N+](=O)[O-])cc2F)C1. The van der Waals surface area contributed by atoms with Crippen molar-refractivity contribution in [3.8, 4) is 11.8 Å². The van der Waals surface area contributed by atoms with E-state index in [1.165, 1.54) is 12.1 Å². The minimum atomic E-state index is -0.762. The van der Waals surface area contributed by atoms with E-state index in [0.717, 1.165) is 25.3 Å². The molecule has 1 aromatic carbocycles. The van der Waals surface area contributed by atoms with Crippen LogP contribution >= 0.6 is 0 Å². The molecule has 7 heteroatoms. The van der Waals surface area contributed by atoms with Crippen LogP contribution in [0, 0.1) is 27.3 Å². The maximum Gasteiger partial charge on any atom is 0.272 e.